The van der Waals surface area contributed by atoms with Gasteiger partial charge in [0.2, 0.25) is 10.0 Å². The minimum absolute atomic E-state index is 0.0393. The zero-order chi connectivity index (χ0) is 11.8. The number of sulfonamides is 1. The second-order valence-corrected chi connectivity index (χ2v) is 5.54. The zero-order valence-corrected chi connectivity index (χ0v) is 9.75. The average molecular weight is 242 g/mol. The van der Waals surface area contributed by atoms with Gasteiger partial charge in [0.15, 0.2) is 0 Å². The minimum atomic E-state index is -3.38. The lowest BCUT2D eigenvalue weighted by Crippen LogP contribution is -2.24. The lowest BCUT2D eigenvalue weighted by Gasteiger charge is -2.06. The normalized spacial score (nSPS) is 19.2. The Balaban J connectivity index is 2.36. The smallest absolute Gasteiger partial charge is 0.240 e. The van der Waals surface area contributed by atoms with E-state index < -0.39 is 10.0 Å². The van der Waals surface area contributed by atoms with E-state index >= 15 is 0 Å². The Morgan fingerprint density at radius 2 is 2.31 bits per heavy atom. The van der Waals surface area contributed by atoms with E-state index in [9.17, 15) is 8.42 Å². The van der Waals surface area contributed by atoms with Crippen LogP contribution in [0.4, 0.5) is 0 Å². The second kappa shape index (κ2) is 4.04. The largest absolute Gasteiger partial charge is 0.488 e. The monoisotopic (exact) mass is 242 g/mol. The molecule has 1 aliphatic rings. The van der Waals surface area contributed by atoms with E-state index in [1.165, 1.54) is 13.1 Å². The minimum Gasteiger partial charge on any atom is -0.488 e. The van der Waals surface area contributed by atoms with Gasteiger partial charge in [0, 0.05) is 13.0 Å². The fourth-order valence-electron chi connectivity index (χ4n) is 1.71. The summed E-state index contributed by atoms with van der Waals surface area (Å²) in [6.07, 6.45) is 0.626. The number of ether oxygens (including phenoxy) is 1. The molecular weight excluding hydrogens is 228 g/mol. The molecule has 6 heteroatoms. The Morgan fingerprint density at radius 3 is 2.94 bits per heavy atom. The van der Waals surface area contributed by atoms with Crippen molar-refractivity contribution >= 4 is 10.0 Å². The van der Waals surface area contributed by atoms with Crippen LogP contribution in [-0.4, -0.2) is 28.1 Å². The van der Waals surface area contributed by atoms with Gasteiger partial charge >= 0.3 is 0 Å². The molecule has 16 heavy (non-hydrogen) atoms. The number of nitrogens with two attached hydrogens (primary N) is 1. The van der Waals surface area contributed by atoms with E-state index in [-0.39, 0.29) is 11.0 Å². The standard InChI is InChI=1S/C10H14N2O3S/c1-12-16(13,14)9-2-3-10-7(5-9)4-8(6-11)15-10/h2-3,5,8,12H,4,6,11H2,1H3. The molecule has 0 spiro atoms. The van der Waals surface area contributed by atoms with Crippen molar-refractivity contribution in [3.63, 3.8) is 0 Å². The highest BCUT2D eigenvalue weighted by molar-refractivity contribution is 7.89. The zero-order valence-electron chi connectivity index (χ0n) is 8.93. The van der Waals surface area contributed by atoms with E-state index in [0.29, 0.717) is 13.0 Å². The van der Waals surface area contributed by atoms with Crippen molar-refractivity contribution in [3.8, 4) is 5.75 Å². The molecule has 0 fully saturated rings. The van der Waals surface area contributed by atoms with Crippen LogP contribution in [0.25, 0.3) is 0 Å². The molecule has 0 aromatic heterocycles. The summed E-state index contributed by atoms with van der Waals surface area (Å²) in [5.41, 5.74) is 6.40. The van der Waals surface area contributed by atoms with E-state index in [4.69, 9.17) is 10.5 Å². The summed E-state index contributed by atoms with van der Waals surface area (Å²) < 4.78 is 30.9. The van der Waals surface area contributed by atoms with Gasteiger partial charge in [-0.15, -0.1) is 0 Å². The maximum atomic E-state index is 11.6. The Hall–Kier alpha value is -1.11. The van der Waals surface area contributed by atoms with Gasteiger partial charge in [0.05, 0.1) is 4.90 Å². The van der Waals surface area contributed by atoms with Crippen LogP contribution in [0, 0.1) is 0 Å². The van der Waals surface area contributed by atoms with E-state index in [1.807, 2.05) is 0 Å². The molecule has 1 unspecified atom stereocenters. The number of hydrogen-bond acceptors (Lipinski definition) is 4. The van der Waals surface area contributed by atoms with Crippen molar-refractivity contribution in [2.45, 2.75) is 17.4 Å². The molecule has 1 atom stereocenters. The van der Waals surface area contributed by atoms with Crippen LogP contribution in [0.15, 0.2) is 23.1 Å². The molecule has 0 amide bonds. The summed E-state index contributed by atoms with van der Waals surface area (Å²) in [5.74, 6) is 0.727. The fraction of sp³-hybridized carbons (Fsp3) is 0.400. The van der Waals surface area contributed by atoms with Gasteiger partial charge in [-0.2, -0.15) is 0 Å². The van der Waals surface area contributed by atoms with Gasteiger partial charge in [0.25, 0.3) is 0 Å². The highest BCUT2D eigenvalue weighted by Gasteiger charge is 2.23. The summed E-state index contributed by atoms with van der Waals surface area (Å²) in [6.45, 7) is 0.433. The van der Waals surface area contributed by atoms with Crippen LogP contribution in [0.2, 0.25) is 0 Å². The van der Waals surface area contributed by atoms with Gasteiger partial charge < -0.3 is 10.5 Å². The maximum absolute atomic E-state index is 11.6. The molecule has 1 aromatic carbocycles. The number of benzene rings is 1. The number of fused-ring (bicyclic) bond motifs is 1. The SMILES string of the molecule is CNS(=O)(=O)c1ccc2c(c1)CC(CN)O2. The summed E-state index contributed by atoms with van der Waals surface area (Å²) in [5, 5.41) is 0. The first-order chi connectivity index (χ1) is 7.56. The van der Waals surface area contributed by atoms with Gasteiger partial charge in [-0.3, -0.25) is 0 Å². The molecule has 0 bridgehead atoms. The summed E-state index contributed by atoms with van der Waals surface area (Å²) in [7, 11) is -1.99. The van der Waals surface area contributed by atoms with E-state index in [2.05, 4.69) is 4.72 Å². The summed E-state index contributed by atoms with van der Waals surface area (Å²) >= 11 is 0. The average Bonchev–Trinajstić information content (AvgIpc) is 2.70. The molecule has 88 valence electrons. The quantitative estimate of drug-likeness (QED) is 0.772. The lowest BCUT2D eigenvalue weighted by molar-refractivity contribution is 0.241. The van der Waals surface area contributed by atoms with Crippen LogP contribution in [0.5, 0.6) is 5.75 Å². The Morgan fingerprint density at radius 1 is 1.56 bits per heavy atom. The Bertz CT molecular complexity index is 499. The van der Waals surface area contributed by atoms with Crippen LogP contribution in [-0.2, 0) is 16.4 Å². The van der Waals surface area contributed by atoms with Gasteiger partial charge in [0.1, 0.15) is 11.9 Å². The van der Waals surface area contributed by atoms with Crippen molar-refractivity contribution in [1.29, 1.82) is 0 Å². The highest BCUT2D eigenvalue weighted by atomic mass is 32.2. The van der Waals surface area contributed by atoms with E-state index in [1.54, 1.807) is 12.1 Å². The lowest BCUT2D eigenvalue weighted by atomic mass is 10.1. The van der Waals surface area contributed by atoms with Crippen molar-refractivity contribution in [2.75, 3.05) is 13.6 Å². The second-order valence-electron chi connectivity index (χ2n) is 3.66. The van der Waals surface area contributed by atoms with Gasteiger partial charge in [-0.1, -0.05) is 0 Å². The molecule has 0 saturated carbocycles. The van der Waals surface area contributed by atoms with Gasteiger partial charge in [-0.05, 0) is 30.8 Å². The van der Waals surface area contributed by atoms with Crippen molar-refractivity contribution in [3.05, 3.63) is 23.8 Å². The molecule has 1 heterocycles. The predicted octanol–water partition coefficient (Wildman–Crippen LogP) is -0.143. The first kappa shape index (κ1) is 11.4. The molecule has 3 N–H and O–H groups in total. The number of nitrogens with one attached hydrogen (secondary N) is 1. The van der Waals surface area contributed by atoms with E-state index in [0.717, 1.165) is 11.3 Å². The molecule has 1 aromatic rings. The highest BCUT2D eigenvalue weighted by Crippen LogP contribution is 2.30. The Kier molecular flexibility index (Phi) is 2.88. The van der Waals surface area contributed by atoms with Crippen LogP contribution >= 0.6 is 0 Å². The molecule has 5 nitrogen and oxygen atoms in total. The van der Waals surface area contributed by atoms with Crippen LogP contribution in [0.3, 0.4) is 0 Å². The third-order valence-corrected chi connectivity index (χ3v) is 4.03. The first-order valence-corrected chi connectivity index (χ1v) is 6.48. The third kappa shape index (κ3) is 1.91. The number of hydrogen-bond donors (Lipinski definition) is 2. The third-order valence-electron chi connectivity index (χ3n) is 2.62. The van der Waals surface area contributed by atoms with Crippen molar-refractivity contribution in [1.82, 2.24) is 4.72 Å². The van der Waals surface area contributed by atoms with Gasteiger partial charge in [-0.25, -0.2) is 13.1 Å². The molecule has 1 aliphatic heterocycles. The topological polar surface area (TPSA) is 81.4 Å². The molecule has 2 rings (SSSR count). The fourth-order valence-corrected chi connectivity index (χ4v) is 2.49. The molecule has 0 aliphatic carbocycles. The predicted molar refractivity (Wildman–Crippen MR) is 59.9 cm³/mol. The van der Waals surface area contributed by atoms with Crippen LogP contribution < -0.4 is 15.2 Å². The number of rotatable bonds is 3. The first-order valence-electron chi connectivity index (χ1n) is 5.00. The maximum Gasteiger partial charge on any atom is 0.240 e. The van der Waals surface area contributed by atoms with Crippen molar-refractivity contribution < 1.29 is 13.2 Å². The Labute approximate surface area is 94.6 Å². The molecule has 0 saturated heterocycles. The summed E-state index contributed by atoms with van der Waals surface area (Å²) in [4.78, 5) is 0.259. The molecular formula is C10H14N2O3S. The van der Waals surface area contributed by atoms with Crippen LogP contribution in [0.1, 0.15) is 5.56 Å². The van der Waals surface area contributed by atoms with Crippen molar-refractivity contribution in [2.24, 2.45) is 5.73 Å². The summed E-state index contributed by atoms with van der Waals surface area (Å²) in [6, 6.07) is 4.84. The molecule has 0 radical (unpaired) electrons.